The molecule has 1 aliphatic heterocycles. The van der Waals surface area contributed by atoms with Crippen molar-refractivity contribution >= 4 is 38.0 Å². The van der Waals surface area contributed by atoms with E-state index in [1.54, 1.807) is 0 Å². The molecule has 0 radical (unpaired) electrons. The summed E-state index contributed by atoms with van der Waals surface area (Å²) in [4.78, 5) is 38.1. The van der Waals surface area contributed by atoms with Gasteiger partial charge in [-0.3, -0.25) is 28.7 Å². The number of aromatic hydroxyl groups is 2. The number of nitrogens with one attached hydrogen (secondary N) is 1. The van der Waals surface area contributed by atoms with E-state index in [-0.39, 0.29) is 22.9 Å². The predicted molar refractivity (Wildman–Crippen MR) is 184 cm³/mol. The molecule has 2 aromatic carbocycles. The van der Waals surface area contributed by atoms with E-state index in [9.17, 15) is 19.8 Å². The van der Waals surface area contributed by atoms with E-state index < -0.39 is 0 Å². The van der Waals surface area contributed by atoms with Crippen molar-refractivity contribution in [1.82, 2.24) is 9.13 Å². The molecule has 0 fully saturated rings. The van der Waals surface area contributed by atoms with Crippen LogP contribution in [0, 0.1) is 0 Å². The van der Waals surface area contributed by atoms with E-state index in [1.165, 1.54) is 41.2 Å². The first-order valence-corrected chi connectivity index (χ1v) is 17.5. The van der Waals surface area contributed by atoms with Crippen molar-refractivity contribution in [2.45, 2.75) is 124 Å². The van der Waals surface area contributed by atoms with Gasteiger partial charge in [0.2, 0.25) is 11.8 Å². The van der Waals surface area contributed by atoms with Crippen LogP contribution in [-0.4, -0.2) is 39.0 Å². The molecule has 2 aromatic heterocycles. The zero-order valence-electron chi connectivity index (χ0n) is 27.5. The monoisotopic (exact) mass is 617 g/mol. The number of rotatable bonds is 18. The number of aromatic nitrogens is 2. The maximum atomic E-state index is 14.3. The van der Waals surface area contributed by atoms with E-state index in [4.69, 9.17) is 9.98 Å². The molecule has 0 aliphatic carbocycles. The van der Waals surface area contributed by atoms with Crippen LogP contribution >= 0.6 is 0 Å². The SMILES string of the molecule is CCCCCCCCn1c(O)c2c3c(c4c(=O)n(CCCCCCCC)c(O)c5cc(NCCCC)c(c1=O)c2c54)=NCCN=3. The maximum Gasteiger partial charge on any atom is 0.263 e. The van der Waals surface area contributed by atoms with Gasteiger partial charge in [-0.15, -0.1) is 0 Å². The Morgan fingerprint density at radius 2 is 1.13 bits per heavy atom. The van der Waals surface area contributed by atoms with Crippen LogP contribution in [0.2, 0.25) is 0 Å². The molecule has 5 rings (SSSR count). The first kappa shape index (κ1) is 32.8. The van der Waals surface area contributed by atoms with Gasteiger partial charge in [0, 0.05) is 41.5 Å². The summed E-state index contributed by atoms with van der Waals surface area (Å²) < 4.78 is 2.95. The third-order valence-electron chi connectivity index (χ3n) is 9.38. The highest BCUT2D eigenvalue weighted by atomic mass is 16.3. The lowest BCUT2D eigenvalue weighted by Gasteiger charge is -2.22. The Morgan fingerprint density at radius 3 is 1.73 bits per heavy atom. The lowest BCUT2D eigenvalue weighted by atomic mass is 9.93. The van der Waals surface area contributed by atoms with E-state index in [1.807, 2.05) is 6.07 Å². The largest absolute Gasteiger partial charge is 0.494 e. The molecule has 0 saturated heterocycles. The summed E-state index contributed by atoms with van der Waals surface area (Å²) in [6.45, 7) is 8.81. The smallest absolute Gasteiger partial charge is 0.263 e. The standard InChI is InChI=1S/C36H51N5O4/c1-4-7-10-12-14-16-21-40-33(42)24-23-25(37-18-9-6-3)27-28-26(24)29(35(40)44)31-32(39-20-19-38-31)30(28)36(45)41(34(27)43)22-17-15-13-11-8-5-2/h23,37,42,45H,4-22H2,1-3H3. The van der Waals surface area contributed by atoms with Gasteiger partial charge in [0.25, 0.3) is 11.1 Å². The molecule has 244 valence electrons. The van der Waals surface area contributed by atoms with Crippen molar-refractivity contribution in [2.24, 2.45) is 9.98 Å². The van der Waals surface area contributed by atoms with Gasteiger partial charge in [0.1, 0.15) is 0 Å². The average molecular weight is 618 g/mol. The summed E-state index contributed by atoms with van der Waals surface area (Å²) in [7, 11) is 0. The zero-order valence-corrected chi connectivity index (χ0v) is 27.5. The molecule has 3 N–H and O–H groups in total. The van der Waals surface area contributed by atoms with Crippen LogP contribution in [-0.2, 0) is 13.1 Å². The Morgan fingerprint density at radius 1 is 0.622 bits per heavy atom. The molecule has 45 heavy (non-hydrogen) atoms. The van der Waals surface area contributed by atoms with E-state index in [2.05, 4.69) is 26.1 Å². The van der Waals surface area contributed by atoms with Crippen LogP contribution in [0.3, 0.4) is 0 Å². The minimum absolute atomic E-state index is 0.105. The van der Waals surface area contributed by atoms with Crippen LogP contribution in [0.4, 0.5) is 5.69 Å². The Balaban J connectivity index is 1.75. The molecule has 0 bridgehead atoms. The number of fused-ring (bicyclic) bond motifs is 3. The number of unbranched alkanes of at least 4 members (excludes halogenated alkanes) is 11. The normalized spacial score (nSPS) is 13.0. The maximum absolute atomic E-state index is 14.3. The molecule has 1 aliphatic rings. The van der Waals surface area contributed by atoms with Crippen molar-refractivity contribution in [3.8, 4) is 11.8 Å². The summed E-state index contributed by atoms with van der Waals surface area (Å²) in [5.74, 6) is -0.242. The summed E-state index contributed by atoms with van der Waals surface area (Å²) in [6, 6.07) is 1.83. The number of nitrogens with zero attached hydrogens (tertiary/aromatic N) is 4. The highest BCUT2D eigenvalue weighted by Crippen LogP contribution is 2.40. The minimum Gasteiger partial charge on any atom is -0.494 e. The van der Waals surface area contributed by atoms with Gasteiger partial charge in [-0.25, -0.2) is 0 Å². The van der Waals surface area contributed by atoms with Gasteiger partial charge in [0.15, 0.2) is 0 Å². The van der Waals surface area contributed by atoms with Crippen LogP contribution in [0.5, 0.6) is 11.8 Å². The second-order valence-corrected chi connectivity index (χ2v) is 12.7. The van der Waals surface area contributed by atoms with Gasteiger partial charge in [-0.05, 0) is 25.3 Å². The average Bonchev–Trinajstić information content (AvgIpc) is 3.04. The lowest BCUT2D eigenvalue weighted by molar-refractivity contribution is 0.405. The summed E-state index contributed by atoms with van der Waals surface area (Å²) in [6.07, 6.45) is 14.7. The molecule has 9 nitrogen and oxygen atoms in total. The molecule has 4 aromatic rings. The molecular weight excluding hydrogens is 566 g/mol. The Bertz CT molecular complexity index is 1870. The van der Waals surface area contributed by atoms with E-state index in [0.29, 0.717) is 81.4 Å². The topological polar surface area (TPSA) is 121 Å². The Hall–Kier alpha value is -3.62. The third-order valence-corrected chi connectivity index (χ3v) is 9.38. The predicted octanol–water partition coefficient (Wildman–Crippen LogP) is 6.50. The second-order valence-electron chi connectivity index (χ2n) is 12.7. The lowest BCUT2D eigenvalue weighted by Crippen LogP contribution is -2.38. The third kappa shape index (κ3) is 6.40. The summed E-state index contributed by atoms with van der Waals surface area (Å²) in [5, 5.41) is 30.6. The fourth-order valence-corrected chi connectivity index (χ4v) is 6.92. The quantitative estimate of drug-likeness (QED) is 0.0869. The number of pyridine rings is 2. The fourth-order valence-electron chi connectivity index (χ4n) is 6.92. The minimum atomic E-state index is -0.323. The summed E-state index contributed by atoms with van der Waals surface area (Å²) >= 11 is 0. The molecule has 0 atom stereocenters. The number of anilines is 1. The Kier molecular flexibility index (Phi) is 11.0. The van der Waals surface area contributed by atoms with E-state index in [0.717, 1.165) is 57.8 Å². The highest BCUT2D eigenvalue weighted by Gasteiger charge is 2.28. The van der Waals surface area contributed by atoms with Crippen LogP contribution < -0.4 is 27.1 Å². The molecule has 0 unspecified atom stereocenters. The van der Waals surface area contributed by atoms with E-state index >= 15 is 0 Å². The van der Waals surface area contributed by atoms with Crippen molar-refractivity contribution in [3.05, 3.63) is 37.5 Å². The summed E-state index contributed by atoms with van der Waals surface area (Å²) in [5.41, 5.74) is -0.00721. The van der Waals surface area contributed by atoms with Gasteiger partial charge in [-0.1, -0.05) is 91.4 Å². The molecule has 0 amide bonds. The molecule has 3 heterocycles. The first-order valence-electron chi connectivity index (χ1n) is 17.5. The molecule has 9 heteroatoms. The van der Waals surface area contributed by atoms with Crippen molar-refractivity contribution < 1.29 is 10.2 Å². The number of hydrogen-bond acceptors (Lipinski definition) is 7. The highest BCUT2D eigenvalue weighted by molar-refractivity contribution is 6.27. The first-order chi connectivity index (χ1) is 22.0. The van der Waals surface area contributed by atoms with Gasteiger partial charge >= 0.3 is 0 Å². The second kappa shape index (κ2) is 15.1. The molecule has 0 spiro atoms. The zero-order chi connectivity index (χ0) is 31.9. The Labute approximate surface area is 265 Å². The molecular formula is C36H51N5O4. The van der Waals surface area contributed by atoms with Crippen molar-refractivity contribution in [3.63, 3.8) is 0 Å². The fraction of sp³-hybridized carbons (Fsp3) is 0.611. The van der Waals surface area contributed by atoms with Crippen molar-refractivity contribution in [2.75, 3.05) is 25.0 Å². The van der Waals surface area contributed by atoms with Crippen LogP contribution in [0.1, 0.15) is 111 Å². The van der Waals surface area contributed by atoms with Gasteiger partial charge in [0.05, 0.1) is 40.0 Å². The number of benzene rings is 2. The van der Waals surface area contributed by atoms with Gasteiger partial charge < -0.3 is 15.5 Å². The van der Waals surface area contributed by atoms with Crippen molar-refractivity contribution in [1.29, 1.82) is 0 Å². The van der Waals surface area contributed by atoms with Gasteiger partial charge in [-0.2, -0.15) is 0 Å². The van der Waals surface area contributed by atoms with Crippen LogP contribution in [0.15, 0.2) is 25.6 Å². The van der Waals surface area contributed by atoms with Crippen LogP contribution in [0.25, 0.3) is 32.3 Å². The molecule has 0 saturated carbocycles. The number of hydrogen-bond donors (Lipinski definition) is 3.